The molecule has 0 amide bonds. The molecule has 0 fully saturated rings. The molecule has 1 aromatic heterocycles. The van der Waals surface area contributed by atoms with Crippen molar-refractivity contribution in [3.05, 3.63) is 58.7 Å². The van der Waals surface area contributed by atoms with Crippen LogP contribution in [0.15, 0.2) is 53.1 Å². The summed E-state index contributed by atoms with van der Waals surface area (Å²) in [7, 11) is 1.62. The standard InChI is InChI=1S/C17H15BrN2O2/c1-11(21)17(12-3-6-15(22-2)7-4-12)20-16-8-5-14(18)9-13(16)10-19-20/h3-10,17H,1-2H3. The van der Waals surface area contributed by atoms with Crippen molar-refractivity contribution < 1.29 is 9.53 Å². The summed E-state index contributed by atoms with van der Waals surface area (Å²) < 4.78 is 7.93. The largest absolute Gasteiger partial charge is 0.497 e. The Bertz CT molecular complexity index is 824. The molecule has 3 aromatic rings. The summed E-state index contributed by atoms with van der Waals surface area (Å²) in [4.78, 5) is 12.2. The van der Waals surface area contributed by atoms with Crippen molar-refractivity contribution in [3.63, 3.8) is 0 Å². The van der Waals surface area contributed by atoms with Gasteiger partial charge in [-0.25, -0.2) is 4.68 Å². The number of methoxy groups -OCH3 is 1. The lowest BCUT2D eigenvalue weighted by atomic mass is 10.0. The number of carbonyl (C=O) groups is 1. The molecule has 22 heavy (non-hydrogen) atoms. The third kappa shape index (κ3) is 2.64. The molecule has 5 heteroatoms. The van der Waals surface area contributed by atoms with Gasteiger partial charge in [0.05, 0.1) is 18.8 Å². The highest BCUT2D eigenvalue weighted by atomic mass is 79.9. The monoisotopic (exact) mass is 358 g/mol. The van der Waals surface area contributed by atoms with Crippen LogP contribution in [0.25, 0.3) is 10.9 Å². The Labute approximate surface area is 136 Å². The first kappa shape index (κ1) is 14.8. The SMILES string of the molecule is COc1ccc(C(C(C)=O)n2ncc3cc(Br)ccc32)cc1. The number of halogens is 1. The van der Waals surface area contributed by atoms with Crippen molar-refractivity contribution in [2.75, 3.05) is 7.11 Å². The lowest BCUT2D eigenvalue weighted by Crippen LogP contribution is -2.19. The Morgan fingerprint density at radius 3 is 2.59 bits per heavy atom. The van der Waals surface area contributed by atoms with Gasteiger partial charge in [0, 0.05) is 9.86 Å². The minimum Gasteiger partial charge on any atom is -0.497 e. The van der Waals surface area contributed by atoms with Crippen LogP contribution in [0.5, 0.6) is 5.75 Å². The highest BCUT2D eigenvalue weighted by molar-refractivity contribution is 9.10. The maximum atomic E-state index is 12.2. The van der Waals surface area contributed by atoms with E-state index in [9.17, 15) is 4.79 Å². The summed E-state index contributed by atoms with van der Waals surface area (Å²) in [5.74, 6) is 0.804. The normalized spacial score (nSPS) is 12.3. The molecule has 0 saturated carbocycles. The molecule has 1 heterocycles. The highest BCUT2D eigenvalue weighted by Gasteiger charge is 2.21. The fourth-order valence-corrected chi connectivity index (χ4v) is 2.94. The zero-order valence-electron chi connectivity index (χ0n) is 12.3. The molecule has 0 aliphatic rings. The topological polar surface area (TPSA) is 44.1 Å². The third-order valence-electron chi connectivity index (χ3n) is 3.62. The number of nitrogens with zero attached hydrogens (tertiary/aromatic N) is 2. The molecular weight excluding hydrogens is 344 g/mol. The molecule has 0 saturated heterocycles. The number of ketones is 1. The zero-order valence-corrected chi connectivity index (χ0v) is 13.9. The van der Waals surface area contributed by atoms with Gasteiger partial charge in [-0.15, -0.1) is 0 Å². The molecule has 0 aliphatic heterocycles. The van der Waals surface area contributed by atoms with Crippen LogP contribution in [0, 0.1) is 0 Å². The summed E-state index contributed by atoms with van der Waals surface area (Å²) >= 11 is 3.45. The van der Waals surface area contributed by atoms with E-state index in [1.807, 2.05) is 42.5 Å². The molecular formula is C17H15BrN2O2. The van der Waals surface area contributed by atoms with Gasteiger partial charge < -0.3 is 4.74 Å². The van der Waals surface area contributed by atoms with Crippen LogP contribution in [-0.4, -0.2) is 22.7 Å². The van der Waals surface area contributed by atoms with Crippen molar-refractivity contribution in [1.29, 1.82) is 0 Å². The average Bonchev–Trinajstić information content (AvgIpc) is 2.90. The second kappa shape index (κ2) is 5.93. The van der Waals surface area contributed by atoms with Gasteiger partial charge in [-0.2, -0.15) is 5.10 Å². The zero-order chi connectivity index (χ0) is 15.7. The predicted molar refractivity (Wildman–Crippen MR) is 89.2 cm³/mol. The summed E-state index contributed by atoms with van der Waals surface area (Å²) in [6.45, 7) is 1.58. The Morgan fingerprint density at radius 1 is 1.23 bits per heavy atom. The van der Waals surface area contributed by atoms with Crippen molar-refractivity contribution >= 4 is 32.6 Å². The number of hydrogen-bond donors (Lipinski definition) is 0. The Kier molecular flexibility index (Phi) is 3.98. The van der Waals surface area contributed by atoms with Crippen molar-refractivity contribution in [2.24, 2.45) is 0 Å². The van der Waals surface area contributed by atoms with Gasteiger partial charge in [-0.3, -0.25) is 4.79 Å². The predicted octanol–water partition coefficient (Wildman–Crippen LogP) is 3.99. The van der Waals surface area contributed by atoms with Crippen LogP contribution < -0.4 is 4.74 Å². The minimum absolute atomic E-state index is 0.0399. The summed E-state index contributed by atoms with van der Waals surface area (Å²) in [6, 6.07) is 13.0. The van der Waals surface area contributed by atoms with E-state index in [2.05, 4.69) is 21.0 Å². The van der Waals surface area contributed by atoms with Gasteiger partial charge in [0.1, 0.15) is 11.8 Å². The average molecular weight is 359 g/mol. The van der Waals surface area contributed by atoms with Crippen LogP contribution in [0.2, 0.25) is 0 Å². The fraction of sp³-hybridized carbons (Fsp3) is 0.176. The molecule has 1 atom stereocenters. The van der Waals surface area contributed by atoms with E-state index in [0.29, 0.717) is 0 Å². The number of aromatic nitrogens is 2. The first-order valence-electron chi connectivity index (χ1n) is 6.87. The van der Waals surface area contributed by atoms with Crippen LogP contribution in [0.4, 0.5) is 0 Å². The van der Waals surface area contributed by atoms with Crippen molar-refractivity contribution in [3.8, 4) is 5.75 Å². The lowest BCUT2D eigenvalue weighted by molar-refractivity contribution is -0.119. The molecule has 3 rings (SSSR count). The molecule has 0 spiro atoms. The number of rotatable bonds is 4. The summed E-state index contributed by atoms with van der Waals surface area (Å²) in [5.41, 5.74) is 1.82. The van der Waals surface area contributed by atoms with Gasteiger partial charge in [0.15, 0.2) is 5.78 Å². The molecule has 112 valence electrons. The number of Topliss-reactive ketones (excluding diaryl/α,β-unsaturated/α-hetero) is 1. The quantitative estimate of drug-likeness (QED) is 0.708. The van der Waals surface area contributed by atoms with E-state index < -0.39 is 6.04 Å². The maximum Gasteiger partial charge on any atom is 0.158 e. The molecule has 0 bridgehead atoms. The molecule has 0 radical (unpaired) electrons. The molecule has 0 N–H and O–H groups in total. The fourth-order valence-electron chi connectivity index (χ4n) is 2.56. The first-order chi connectivity index (χ1) is 10.6. The number of fused-ring (bicyclic) bond motifs is 1. The van der Waals surface area contributed by atoms with E-state index >= 15 is 0 Å². The van der Waals surface area contributed by atoms with Gasteiger partial charge in [-0.1, -0.05) is 28.1 Å². The van der Waals surface area contributed by atoms with E-state index in [1.165, 1.54) is 0 Å². The molecule has 0 aliphatic carbocycles. The van der Waals surface area contributed by atoms with Gasteiger partial charge in [0.2, 0.25) is 0 Å². The lowest BCUT2D eigenvalue weighted by Gasteiger charge is -2.16. The van der Waals surface area contributed by atoms with E-state index in [0.717, 1.165) is 26.7 Å². The Balaban J connectivity index is 2.11. The minimum atomic E-state index is -0.440. The summed E-state index contributed by atoms with van der Waals surface area (Å²) in [5, 5.41) is 5.42. The number of carbonyl (C=O) groups excluding carboxylic acids is 1. The van der Waals surface area contributed by atoms with E-state index in [-0.39, 0.29) is 5.78 Å². The Morgan fingerprint density at radius 2 is 1.95 bits per heavy atom. The van der Waals surface area contributed by atoms with Crippen molar-refractivity contribution in [2.45, 2.75) is 13.0 Å². The third-order valence-corrected chi connectivity index (χ3v) is 4.11. The van der Waals surface area contributed by atoms with Crippen LogP contribution in [0.3, 0.4) is 0 Å². The van der Waals surface area contributed by atoms with Gasteiger partial charge >= 0.3 is 0 Å². The van der Waals surface area contributed by atoms with Crippen LogP contribution in [0.1, 0.15) is 18.5 Å². The number of benzene rings is 2. The van der Waals surface area contributed by atoms with Crippen LogP contribution >= 0.6 is 15.9 Å². The number of hydrogen-bond acceptors (Lipinski definition) is 3. The van der Waals surface area contributed by atoms with E-state index in [4.69, 9.17) is 4.74 Å². The molecule has 2 aromatic carbocycles. The Hall–Kier alpha value is -2.14. The molecule has 1 unspecified atom stereocenters. The van der Waals surface area contributed by atoms with Crippen LogP contribution in [-0.2, 0) is 4.79 Å². The van der Waals surface area contributed by atoms with Gasteiger partial charge in [0.25, 0.3) is 0 Å². The summed E-state index contributed by atoms with van der Waals surface area (Å²) in [6.07, 6.45) is 1.78. The highest BCUT2D eigenvalue weighted by Crippen LogP contribution is 2.27. The van der Waals surface area contributed by atoms with Gasteiger partial charge in [-0.05, 0) is 42.8 Å². The number of ether oxygens (including phenoxy) is 1. The smallest absolute Gasteiger partial charge is 0.158 e. The maximum absolute atomic E-state index is 12.2. The molecule has 4 nitrogen and oxygen atoms in total. The second-order valence-corrected chi connectivity index (χ2v) is 5.99. The van der Waals surface area contributed by atoms with Crippen molar-refractivity contribution in [1.82, 2.24) is 9.78 Å². The van der Waals surface area contributed by atoms with E-state index in [1.54, 1.807) is 24.9 Å². The second-order valence-electron chi connectivity index (χ2n) is 5.08. The first-order valence-corrected chi connectivity index (χ1v) is 7.66.